The summed E-state index contributed by atoms with van der Waals surface area (Å²) in [7, 11) is 1.66. The van der Waals surface area contributed by atoms with Crippen molar-refractivity contribution in [2.24, 2.45) is 0 Å². The van der Waals surface area contributed by atoms with Gasteiger partial charge >= 0.3 is 0 Å². The molecule has 0 amide bonds. The Morgan fingerprint density at radius 3 is 2.64 bits per heavy atom. The first-order valence-corrected chi connectivity index (χ1v) is 9.64. The molecule has 1 aliphatic rings. The van der Waals surface area contributed by atoms with E-state index in [0.717, 1.165) is 65.1 Å². The lowest BCUT2D eigenvalue weighted by atomic mass is 9.94. The molecule has 5 rings (SSSR count). The molecule has 0 atom stereocenters. The Balaban J connectivity index is 1.76. The van der Waals surface area contributed by atoms with E-state index >= 15 is 0 Å². The van der Waals surface area contributed by atoms with Crippen LogP contribution in [0.1, 0.15) is 24.5 Å². The number of aromatic amines is 1. The summed E-state index contributed by atoms with van der Waals surface area (Å²) < 4.78 is 7.22. The van der Waals surface area contributed by atoms with E-state index in [1.807, 2.05) is 40.9 Å². The number of piperidine rings is 1. The largest absolute Gasteiger partial charge is 0.497 e. The summed E-state index contributed by atoms with van der Waals surface area (Å²) in [6.45, 7) is 1.94. The van der Waals surface area contributed by atoms with E-state index in [-0.39, 0.29) is 5.56 Å². The molecule has 28 heavy (non-hydrogen) atoms. The van der Waals surface area contributed by atoms with E-state index in [9.17, 15) is 4.79 Å². The molecule has 0 radical (unpaired) electrons. The number of hydrogen-bond acceptors (Lipinski definition) is 4. The number of fused-ring (bicyclic) bond motifs is 3. The van der Waals surface area contributed by atoms with Crippen molar-refractivity contribution in [3.8, 4) is 16.9 Å². The summed E-state index contributed by atoms with van der Waals surface area (Å²) in [4.78, 5) is 15.5. The molecule has 2 N–H and O–H groups in total. The highest BCUT2D eigenvalue weighted by Crippen LogP contribution is 2.33. The molecule has 1 saturated heterocycles. The third-order valence-electron chi connectivity index (χ3n) is 5.62. The zero-order valence-electron chi connectivity index (χ0n) is 15.7. The van der Waals surface area contributed by atoms with Crippen molar-refractivity contribution in [3.63, 3.8) is 0 Å². The van der Waals surface area contributed by atoms with Crippen molar-refractivity contribution in [3.05, 3.63) is 64.6 Å². The van der Waals surface area contributed by atoms with Gasteiger partial charge in [0.2, 0.25) is 0 Å². The fourth-order valence-electron chi connectivity index (χ4n) is 4.21. The second kappa shape index (κ2) is 6.80. The van der Waals surface area contributed by atoms with Crippen LogP contribution in [0.3, 0.4) is 0 Å². The quantitative estimate of drug-likeness (QED) is 0.577. The van der Waals surface area contributed by atoms with Crippen LogP contribution in [0, 0.1) is 0 Å². The van der Waals surface area contributed by atoms with Gasteiger partial charge in [0.15, 0.2) is 0 Å². The average molecular weight is 374 g/mol. The molecule has 4 aromatic rings. The second-order valence-corrected chi connectivity index (χ2v) is 7.27. The first-order valence-electron chi connectivity index (χ1n) is 9.64. The zero-order valence-corrected chi connectivity index (χ0v) is 15.7. The number of nitrogens with zero attached hydrogens (tertiary/aromatic N) is 2. The summed E-state index contributed by atoms with van der Waals surface area (Å²) in [5, 5.41) is 9.21. The molecule has 0 bridgehead atoms. The van der Waals surface area contributed by atoms with Gasteiger partial charge in [-0.2, -0.15) is 5.10 Å². The van der Waals surface area contributed by atoms with Crippen LogP contribution >= 0.6 is 0 Å². The van der Waals surface area contributed by atoms with E-state index in [2.05, 4.69) is 16.4 Å². The Kier molecular flexibility index (Phi) is 4.13. The number of aromatic nitrogens is 3. The SMILES string of the molecule is COc1ccc(-c2cccc3nn4c(C5CCNCC5)cc(=O)[nH]c4c23)cc1. The highest BCUT2D eigenvalue weighted by molar-refractivity contribution is 6.04. The van der Waals surface area contributed by atoms with E-state index in [4.69, 9.17) is 9.84 Å². The van der Waals surface area contributed by atoms with Gasteiger partial charge in [0.25, 0.3) is 5.56 Å². The molecule has 2 aromatic heterocycles. The van der Waals surface area contributed by atoms with E-state index in [1.165, 1.54) is 0 Å². The first kappa shape index (κ1) is 17.0. The Labute approximate surface area is 162 Å². The van der Waals surface area contributed by atoms with Gasteiger partial charge in [-0.05, 0) is 55.3 Å². The van der Waals surface area contributed by atoms with Crippen LogP contribution in [-0.2, 0) is 0 Å². The number of nitrogens with one attached hydrogen (secondary N) is 2. The van der Waals surface area contributed by atoms with Crippen molar-refractivity contribution in [1.29, 1.82) is 0 Å². The van der Waals surface area contributed by atoms with Crippen LogP contribution in [0.4, 0.5) is 0 Å². The summed E-state index contributed by atoms with van der Waals surface area (Å²) in [6.07, 6.45) is 2.03. The lowest BCUT2D eigenvalue weighted by molar-refractivity contribution is 0.415. The maximum atomic E-state index is 12.5. The third-order valence-corrected chi connectivity index (χ3v) is 5.62. The monoisotopic (exact) mass is 374 g/mol. The maximum Gasteiger partial charge on any atom is 0.251 e. The van der Waals surface area contributed by atoms with Crippen LogP contribution in [0.2, 0.25) is 0 Å². The van der Waals surface area contributed by atoms with Crippen molar-refractivity contribution in [1.82, 2.24) is 19.9 Å². The Bertz CT molecular complexity index is 1200. The third kappa shape index (κ3) is 2.77. The molecule has 1 fully saturated rings. The van der Waals surface area contributed by atoms with E-state index in [0.29, 0.717) is 5.92 Å². The van der Waals surface area contributed by atoms with Crippen LogP contribution < -0.4 is 15.6 Å². The van der Waals surface area contributed by atoms with Gasteiger partial charge in [-0.3, -0.25) is 4.79 Å². The number of ether oxygens (including phenoxy) is 1. The number of benzene rings is 2. The predicted octanol–water partition coefficient (Wildman–Crippen LogP) is 3.32. The lowest BCUT2D eigenvalue weighted by Gasteiger charge is -2.23. The number of H-pyrrole nitrogens is 1. The Morgan fingerprint density at radius 2 is 1.89 bits per heavy atom. The van der Waals surface area contributed by atoms with Crippen LogP contribution in [0.25, 0.3) is 27.7 Å². The molecule has 1 aliphatic heterocycles. The molecule has 6 heteroatoms. The number of hydrogen-bond donors (Lipinski definition) is 2. The molecular formula is C22H22N4O2. The first-order chi connectivity index (χ1) is 13.7. The minimum atomic E-state index is -0.0765. The average Bonchev–Trinajstić information content (AvgIpc) is 3.12. The Hall–Kier alpha value is -3.12. The second-order valence-electron chi connectivity index (χ2n) is 7.27. The smallest absolute Gasteiger partial charge is 0.251 e. The van der Waals surface area contributed by atoms with E-state index < -0.39 is 0 Å². The summed E-state index contributed by atoms with van der Waals surface area (Å²) >= 11 is 0. The standard InChI is InChI=1S/C22H22N4O2/c1-28-16-7-5-14(6-8-16)17-3-2-4-18-21(17)22-24-20(27)13-19(26(22)25-18)15-9-11-23-12-10-15/h2-8,13,15,23H,9-12H2,1H3,(H,24,27). The highest BCUT2D eigenvalue weighted by atomic mass is 16.5. The maximum absolute atomic E-state index is 12.5. The molecule has 0 aliphatic carbocycles. The number of rotatable bonds is 3. The number of methoxy groups -OCH3 is 1. The van der Waals surface area contributed by atoms with Gasteiger partial charge in [0, 0.05) is 12.0 Å². The predicted molar refractivity (Wildman–Crippen MR) is 110 cm³/mol. The fourth-order valence-corrected chi connectivity index (χ4v) is 4.21. The molecular weight excluding hydrogens is 352 g/mol. The summed E-state index contributed by atoms with van der Waals surface area (Å²) in [5.41, 5.74) is 4.68. The highest BCUT2D eigenvalue weighted by Gasteiger charge is 2.21. The normalized spacial score (nSPS) is 15.3. The molecule has 6 nitrogen and oxygen atoms in total. The van der Waals surface area contributed by atoms with Gasteiger partial charge in [-0.1, -0.05) is 24.3 Å². The molecule has 2 aromatic carbocycles. The van der Waals surface area contributed by atoms with Crippen LogP contribution in [0.15, 0.2) is 53.3 Å². The van der Waals surface area contributed by atoms with Crippen molar-refractivity contribution in [2.75, 3.05) is 20.2 Å². The van der Waals surface area contributed by atoms with Gasteiger partial charge < -0.3 is 15.0 Å². The summed E-state index contributed by atoms with van der Waals surface area (Å²) in [5.74, 6) is 1.15. The molecule has 3 heterocycles. The molecule has 0 unspecified atom stereocenters. The van der Waals surface area contributed by atoms with Gasteiger partial charge in [0.05, 0.1) is 23.7 Å². The fraction of sp³-hybridized carbons (Fsp3) is 0.273. The van der Waals surface area contributed by atoms with Crippen LogP contribution in [-0.4, -0.2) is 34.8 Å². The van der Waals surface area contributed by atoms with Crippen molar-refractivity contribution in [2.45, 2.75) is 18.8 Å². The molecule has 142 valence electrons. The minimum Gasteiger partial charge on any atom is -0.497 e. The van der Waals surface area contributed by atoms with E-state index in [1.54, 1.807) is 13.2 Å². The lowest BCUT2D eigenvalue weighted by Crippen LogP contribution is -2.28. The van der Waals surface area contributed by atoms with Gasteiger partial charge in [0.1, 0.15) is 11.4 Å². The topological polar surface area (TPSA) is 71.4 Å². The molecule has 0 spiro atoms. The summed E-state index contributed by atoms with van der Waals surface area (Å²) in [6, 6.07) is 15.8. The van der Waals surface area contributed by atoms with Gasteiger partial charge in [-0.15, -0.1) is 0 Å². The van der Waals surface area contributed by atoms with Crippen molar-refractivity contribution < 1.29 is 4.74 Å². The van der Waals surface area contributed by atoms with Crippen molar-refractivity contribution >= 4 is 16.6 Å². The Morgan fingerprint density at radius 1 is 1.11 bits per heavy atom. The van der Waals surface area contributed by atoms with Gasteiger partial charge in [-0.25, -0.2) is 4.52 Å². The molecule has 0 saturated carbocycles. The zero-order chi connectivity index (χ0) is 19.1. The minimum absolute atomic E-state index is 0.0765. The van der Waals surface area contributed by atoms with Crippen LogP contribution in [0.5, 0.6) is 5.75 Å².